The van der Waals surface area contributed by atoms with Crippen LogP contribution in [0.1, 0.15) is 0 Å². The summed E-state index contributed by atoms with van der Waals surface area (Å²) >= 11 is 1.85. The second kappa shape index (κ2) is 11.2. The molecule has 2 aromatic heterocycles. The van der Waals surface area contributed by atoms with Gasteiger partial charge in [0.1, 0.15) is 11.2 Å². The van der Waals surface area contributed by atoms with Crippen LogP contribution in [0, 0.1) is 0 Å². The van der Waals surface area contributed by atoms with Crippen molar-refractivity contribution in [3.63, 3.8) is 0 Å². The van der Waals surface area contributed by atoms with Gasteiger partial charge in [-0.3, -0.25) is 0 Å². The zero-order valence-electron chi connectivity index (χ0n) is 26.5. The molecule has 0 aliphatic heterocycles. The second-order valence-electron chi connectivity index (χ2n) is 12.5. The molecule has 0 saturated carbocycles. The molecule has 2 nitrogen and oxygen atoms in total. The van der Waals surface area contributed by atoms with E-state index in [4.69, 9.17) is 4.42 Å². The van der Waals surface area contributed by atoms with Gasteiger partial charge < -0.3 is 9.32 Å². The Morgan fingerprint density at radius 3 is 1.92 bits per heavy atom. The Labute approximate surface area is 287 Å². The zero-order chi connectivity index (χ0) is 32.3. The Morgan fingerprint density at radius 2 is 1.10 bits per heavy atom. The van der Waals surface area contributed by atoms with E-state index in [1.54, 1.807) is 0 Å². The van der Waals surface area contributed by atoms with Crippen LogP contribution in [0.5, 0.6) is 0 Å². The summed E-state index contributed by atoms with van der Waals surface area (Å²) in [6.07, 6.45) is 0. The Morgan fingerprint density at radius 1 is 0.429 bits per heavy atom. The molecular formula is C46H29NOS. The molecule has 0 unspecified atom stereocenters. The summed E-state index contributed by atoms with van der Waals surface area (Å²) in [7, 11) is 0. The summed E-state index contributed by atoms with van der Waals surface area (Å²) in [5.41, 5.74) is 9.76. The van der Waals surface area contributed by atoms with E-state index in [0.717, 1.165) is 50.1 Å². The van der Waals surface area contributed by atoms with Gasteiger partial charge >= 0.3 is 0 Å². The average Bonchev–Trinajstić information content (AvgIpc) is 3.74. The van der Waals surface area contributed by atoms with E-state index < -0.39 is 0 Å². The number of benzene rings is 8. The van der Waals surface area contributed by atoms with Gasteiger partial charge in [0.15, 0.2) is 0 Å². The maximum Gasteiger partial charge on any atom is 0.137 e. The van der Waals surface area contributed by atoms with E-state index in [9.17, 15) is 0 Å². The molecule has 0 aliphatic carbocycles. The Bertz CT molecular complexity index is 2810. The third-order valence-corrected chi connectivity index (χ3v) is 10.9. The third-order valence-electron chi connectivity index (χ3n) is 9.66. The van der Waals surface area contributed by atoms with Crippen molar-refractivity contribution in [2.24, 2.45) is 0 Å². The van der Waals surface area contributed by atoms with Crippen LogP contribution >= 0.6 is 11.3 Å². The molecule has 8 aromatic carbocycles. The third kappa shape index (κ3) is 4.55. The molecule has 0 spiro atoms. The largest absolute Gasteiger partial charge is 0.456 e. The van der Waals surface area contributed by atoms with Crippen molar-refractivity contribution >= 4 is 81.3 Å². The van der Waals surface area contributed by atoms with Crippen molar-refractivity contribution in [2.45, 2.75) is 0 Å². The molecule has 10 rings (SSSR count). The molecule has 10 aromatic rings. The first-order valence-electron chi connectivity index (χ1n) is 16.6. The lowest BCUT2D eigenvalue weighted by atomic mass is 9.97. The topological polar surface area (TPSA) is 16.4 Å². The number of hydrogen-bond donors (Lipinski definition) is 0. The summed E-state index contributed by atoms with van der Waals surface area (Å²) in [5, 5.41) is 7.23. The molecule has 0 N–H and O–H groups in total. The minimum atomic E-state index is 0.871. The Balaban J connectivity index is 1.29. The quantitative estimate of drug-likeness (QED) is 0.186. The Kier molecular flexibility index (Phi) is 6.39. The van der Waals surface area contributed by atoms with E-state index in [-0.39, 0.29) is 0 Å². The minimum Gasteiger partial charge on any atom is -0.456 e. The highest BCUT2D eigenvalue weighted by molar-refractivity contribution is 7.26. The number of hydrogen-bond acceptors (Lipinski definition) is 3. The predicted octanol–water partition coefficient (Wildman–Crippen LogP) is 13.9. The van der Waals surface area contributed by atoms with E-state index in [2.05, 4.69) is 181 Å². The van der Waals surface area contributed by atoms with Gasteiger partial charge in [0.2, 0.25) is 0 Å². The van der Waals surface area contributed by atoms with Crippen LogP contribution in [0.25, 0.3) is 75.1 Å². The van der Waals surface area contributed by atoms with Gasteiger partial charge in [-0.05, 0) is 63.9 Å². The van der Waals surface area contributed by atoms with Crippen LogP contribution in [-0.2, 0) is 0 Å². The molecule has 49 heavy (non-hydrogen) atoms. The van der Waals surface area contributed by atoms with Crippen LogP contribution in [0.3, 0.4) is 0 Å². The molecule has 0 aliphatic rings. The minimum absolute atomic E-state index is 0.871. The highest BCUT2D eigenvalue weighted by Crippen LogP contribution is 2.49. The zero-order valence-corrected chi connectivity index (χ0v) is 27.3. The fourth-order valence-electron chi connectivity index (χ4n) is 7.37. The second-order valence-corrected chi connectivity index (χ2v) is 13.5. The van der Waals surface area contributed by atoms with Gasteiger partial charge in [-0.2, -0.15) is 0 Å². The summed E-state index contributed by atoms with van der Waals surface area (Å²) < 4.78 is 9.24. The van der Waals surface area contributed by atoms with Gasteiger partial charge in [0, 0.05) is 43.6 Å². The van der Waals surface area contributed by atoms with Crippen molar-refractivity contribution in [1.29, 1.82) is 0 Å². The summed E-state index contributed by atoms with van der Waals surface area (Å²) in [6.45, 7) is 0. The summed E-state index contributed by atoms with van der Waals surface area (Å²) in [6, 6.07) is 63.1. The van der Waals surface area contributed by atoms with Crippen LogP contribution in [0.4, 0.5) is 17.1 Å². The van der Waals surface area contributed by atoms with Crippen molar-refractivity contribution in [3.8, 4) is 22.3 Å². The smallest absolute Gasteiger partial charge is 0.137 e. The fourth-order valence-corrected chi connectivity index (χ4v) is 8.57. The van der Waals surface area contributed by atoms with Crippen LogP contribution in [0.2, 0.25) is 0 Å². The lowest BCUT2D eigenvalue weighted by Gasteiger charge is -2.28. The average molecular weight is 644 g/mol. The van der Waals surface area contributed by atoms with E-state index >= 15 is 0 Å². The van der Waals surface area contributed by atoms with E-state index in [1.165, 1.54) is 42.1 Å². The number of anilines is 3. The maximum atomic E-state index is 6.70. The summed E-state index contributed by atoms with van der Waals surface area (Å²) in [4.78, 5) is 2.43. The van der Waals surface area contributed by atoms with Gasteiger partial charge in [0.25, 0.3) is 0 Å². The van der Waals surface area contributed by atoms with Crippen LogP contribution < -0.4 is 4.90 Å². The fraction of sp³-hybridized carbons (Fsp3) is 0. The van der Waals surface area contributed by atoms with Crippen molar-refractivity contribution < 1.29 is 4.42 Å². The Hall–Kier alpha value is -6.16. The van der Waals surface area contributed by atoms with Crippen molar-refractivity contribution in [1.82, 2.24) is 0 Å². The molecule has 3 heteroatoms. The standard InChI is InChI=1S/C46H29NOS/c1-3-12-30(13-4-1)31-22-25-34(26-23-31)47(40-20-11-19-37-36-18-9-10-21-44(36)49-46(37)40)41-29-43-39(28-38(41)32-14-5-2-6-15-32)45-35-17-8-7-16-33(35)24-27-42(45)48-43/h1-29H. The highest BCUT2D eigenvalue weighted by atomic mass is 32.1. The SMILES string of the molecule is c1ccc(-c2ccc(N(c3cc4oc5ccc6ccccc6c5c4cc3-c3ccccc3)c3cccc4c3sc3ccccc34)cc2)cc1. The van der Waals surface area contributed by atoms with Gasteiger partial charge in [-0.15, -0.1) is 11.3 Å². The van der Waals surface area contributed by atoms with Gasteiger partial charge in [0.05, 0.1) is 16.1 Å². The molecule has 230 valence electrons. The summed E-state index contributed by atoms with van der Waals surface area (Å²) in [5.74, 6) is 0. The maximum absolute atomic E-state index is 6.70. The molecular weight excluding hydrogens is 615 g/mol. The molecule has 0 amide bonds. The molecule has 2 heterocycles. The molecule has 0 bridgehead atoms. The van der Waals surface area contributed by atoms with Crippen molar-refractivity contribution in [3.05, 3.63) is 176 Å². The molecule has 0 fully saturated rings. The van der Waals surface area contributed by atoms with Crippen LogP contribution in [0.15, 0.2) is 180 Å². The number of nitrogens with zero attached hydrogens (tertiary/aromatic N) is 1. The number of fused-ring (bicyclic) bond motifs is 8. The molecule has 0 saturated heterocycles. The lowest BCUT2D eigenvalue weighted by molar-refractivity contribution is 0.669. The number of rotatable bonds is 5. The predicted molar refractivity (Wildman–Crippen MR) is 210 cm³/mol. The first kappa shape index (κ1) is 27.9. The van der Waals surface area contributed by atoms with Crippen molar-refractivity contribution in [2.75, 3.05) is 4.90 Å². The van der Waals surface area contributed by atoms with Gasteiger partial charge in [-0.25, -0.2) is 0 Å². The van der Waals surface area contributed by atoms with Gasteiger partial charge in [-0.1, -0.05) is 133 Å². The number of furan rings is 1. The first-order chi connectivity index (χ1) is 24.3. The van der Waals surface area contributed by atoms with E-state index in [0.29, 0.717) is 0 Å². The normalized spacial score (nSPS) is 11.7. The molecule has 0 radical (unpaired) electrons. The highest BCUT2D eigenvalue weighted by Gasteiger charge is 2.24. The first-order valence-corrected chi connectivity index (χ1v) is 17.4. The number of thiophene rings is 1. The van der Waals surface area contributed by atoms with Crippen LogP contribution in [-0.4, -0.2) is 0 Å². The van der Waals surface area contributed by atoms with E-state index in [1.807, 2.05) is 11.3 Å². The monoisotopic (exact) mass is 643 g/mol. The molecule has 0 atom stereocenters. The lowest BCUT2D eigenvalue weighted by Crippen LogP contribution is -2.11.